The van der Waals surface area contributed by atoms with Crippen molar-refractivity contribution in [1.29, 1.82) is 0 Å². The van der Waals surface area contributed by atoms with E-state index in [9.17, 15) is 0 Å². The third-order valence-corrected chi connectivity index (χ3v) is 4.51. The van der Waals surface area contributed by atoms with E-state index in [2.05, 4.69) is 57.7 Å². The summed E-state index contributed by atoms with van der Waals surface area (Å²) >= 11 is 0. The maximum Gasteiger partial charge on any atom is 0.00631 e. The Labute approximate surface area is 130 Å². The molecule has 0 amide bonds. The highest BCUT2D eigenvalue weighted by atomic mass is 14.3. The fraction of sp³-hybridized carbons (Fsp3) is 0.429. The van der Waals surface area contributed by atoms with Gasteiger partial charge in [0.1, 0.15) is 0 Å². The van der Waals surface area contributed by atoms with Gasteiger partial charge in [0.2, 0.25) is 0 Å². The lowest BCUT2D eigenvalue weighted by atomic mass is 9.83. The summed E-state index contributed by atoms with van der Waals surface area (Å²) in [5, 5.41) is 0. The molecule has 0 aliphatic heterocycles. The Morgan fingerprint density at radius 2 is 1.90 bits per heavy atom. The first kappa shape index (κ1) is 15.8. The van der Waals surface area contributed by atoms with Crippen LogP contribution in [0.25, 0.3) is 0 Å². The van der Waals surface area contributed by atoms with Crippen molar-refractivity contribution in [3.8, 4) is 0 Å². The van der Waals surface area contributed by atoms with Gasteiger partial charge in [-0.2, -0.15) is 0 Å². The zero-order valence-corrected chi connectivity index (χ0v) is 13.9. The van der Waals surface area contributed by atoms with Gasteiger partial charge in [-0.05, 0) is 55.7 Å². The topological polar surface area (TPSA) is 0 Å². The molecule has 0 spiro atoms. The van der Waals surface area contributed by atoms with Crippen molar-refractivity contribution in [2.45, 2.75) is 52.9 Å². The van der Waals surface area contributed by atoms with Crippen LogP contribution >= 0.6 is 0 Å². The molecule has 0 aromatic heterocycles. The van der Waals surface area contributed by atoms with Crippen molar-refractivity contribution >= 4 is 0 Å². The lowest BCUT2D eigenvalue weighted by Gasteiger charge is -2.22. The van der Waals surface area contributed by atoms with Crippen LogP contribution in [0.2, 0.25) is 0 Å². The smallest absolute Gasteiger partial charge is 0.00631 e. The van der Waals surface area contributed by atoms with E-state index in [1.807, 2.05) is 6.92 Å². The molecule has 0 heterocycles. The number of aryl methyl sites for hydroxylation is 2. The number of allylic oxidation sites excluding steroid dienone is 5. The molecule has 0 radical (unpaired) electrons. The SMILES string of the molecule is C=CC.Cc1ccc2c(c1)CCC1=C(C=CC(C)C1)C2C. The number of benzene rings is 1. The number of fused-ring (bicyclic) bond motifs is 1. The maximum atomic E-state index is 3.36. The second kappa shape index (κ2) is 6.93. The Balaban J connectivity index is 0.000000497. The van der Waals surface area contributed by atoms with E-state index in [1.54, 1.807) is 28.3 Å². The first-order chi connectivity index (χ1) is 10.1. The standard InChI is InChI=1S/C18H22.C3H6/c1-12-4-8-17-14(3)18-9-5-13(2)11-16(18)7-6-15(17)10-12;1-3-2/h4-5,8-10,13-14H,6-7,11H2,1-3H3;3H,1H2,2H3. The van der Waals surface area contributed by atoms with E-state index in [-0.39, 0.29) is 0 Å². The van der Waals surface area contributed by atoms with Gasteiger partial charge in [-0.25, -0.2) is 0 Å². The largest absolute Gasteiger partial charge is 0.103 e. The molecule has 2 unspecified atom stereocenters. The fourth-order valence-electron chi connectivity index (χ4n) is 3.48. The molecule has 0 heteroatoms. The molecule has 2 aliphatic rings. The Morgan fingerprint density at radius 1 is 1.19 bits per heavy atom. The van der Waals surface area contributed by atoms with Gasteiger partial charge in [-0.1, -0.05) is 61.4 Å². The van der Waals surface area contributed by atoms with Gasteiger partial charge < -0.3 is 0 Å². The van der Waals surface area contributed by atoms with Crippen LogP contribution in [0, 0.1) is 12.8 Å². The molecule has 2 aliphatic carbocycles. The molecule has 0 N–H and O–H groups in total. The molecule has 2 atom stereocenters. The lowest BCUT2D eigenvalue weighted by molar-refractivity contribution is 0.665. The van der Waals surface area contributed by atoms with Gasteiger partial charge >= 0.3 is 0 Å². The predicted octanol–water partition coefficient (Wildman–Crippen LogP) is 6.13. The number of hydrogen-bond donors (Lipinski definition) is 0. The molecule has 0 bridgehead atoms. The zero-order chi connectivity index (χ0) is 15.4. The summed E-state index contributed by atoms with van der Waals surface area (Å²) in [7, 11) is 0. The molecule has 0 nitrogen and oxygen atoms in total. The number of rotatable bonds is 0. The first-order valence-corrected chi connectivity index (χ1v) is 8.13. The van der Waals surface area contributed by atoms with Crippen LogP contribution in [-0.2, 0) is 6.42 Å². The van der Waals surface area contributed by atoms with Gasteiger partial charge in [0.25, 0.3) is 0 Å². The Bertz CT molecular complexity index is 572. The Hall–Kier alpha value is -1.56. The third-order valence-electron chi connectivity index (χ3n) is 4.51. The minimum absolute atomic E-state index is 0.571. The summed E-state index contributed by atoms with van der Waals surface area (Å²) in [6, 6.07) is 6.99. The third kappa shape index (κ3) is 3.56. The van der Waals surface area contributed by atoms with Crippen LogP contribution < -0.4 is 0 Å². The summed E-state index contributed by atoms with van der Waals surface area (Å²) in [6.45, 7) is 12.1. The van der Waals surface area contributed by atoms with E-state index in [4.69, 9.17) is 0 Å². The van der Waals surface area contributed by atoms with Crippen molar-refractivity contribution in [1.82, 2.24) is 0 Å². The fourth-order valence-corrected chi connectivity index (χ4v) is 3.48. The molecule has 21 heavy (non-hydrogen) atoms. The van der Waals surface area contributed by atoms with E-state index in [0.29, 0.717) is 5.92 Å². The molecule has 1 aromatic rings. The Morgan fingerprint density at radius 3 is 2.62 bits per heavy atom. The quantitative estimate of drug-likeness (QED) is 0.501. The zero-order valence-electron chi connectivity index (χ0n) is 13.9. The van der Waals surface area contributed by atoms with Crippen LogP contribution in [0.5, 0.6) is 0 Å². The van der Waals surface area contributed by atoms with Gasteiger partial charge in [0.15, 0.2) is 0 Å². The lowest BCUT2D eigenvalue weighted by Crippen LogP contribution is -2.06. The van der Waals surface area contributed by atoms with Crippen molar-refractivity contribution in [3.63, 3.8) is 0 Å². The molecule has 0 fully saturated rings. The average molecular weight is 280 g/mol. The molecule has 112 valence electrons. The first-order valence-electron chi connectivity index (χ1n) is 8.13. The second-order valence-corrected chi connectivity index (χ2v) is 6.43. The van der Waals surface area contributed by atoms with Crippen LogP contribution in [0.4, 0.5) is 0 Å². The molecular weight excluding hydrogens is 252 g/mol. The molecular formula is C21H28. The normalized spacial score (nSPS) is 23.4. The summed E-state index contributed by atoms with van der Waals surface area (Å²) in [6.07, 6.45) is 10.3. The molecule has 0 saturated carbocycles. The van der Waals surface area contributed by atoms with E-state index in [1.165, 1.54) is 24.8 Å². The van der Waals surface area contributed by atoms with E-state index >= 15 is 0 Å². The van der Waals surface area contributed by atoms with Gasteiger partial charge in [0.05, 0.1) is 0 Å². The van der Waals surface area contributed by atoms with Crippen LogP contribution in [0.15, 0.2) is 54.2 Å². The second-order valence-electron chi connectivity index (χ2n) is 6.43. The van der Waals surface area contributed by atoms with E-state index in [0.717, 1.165) is 5.92 Å². The Kier molecular flexibility index (Phi) is 5.22. The van der Waals surface area contributed by atoms with Crippen molar-refractivity contribution in [2.24, 2.45) is 5.92 Å². The minimum Gasteiger partial charge on any atom is -0.103 e. The van der Waals surface area contributed by atoms with Crippen molar-refractivity contribution in [3.05, 3.63) is 70.8 Å². The summed E-state index contributed by atoms with van der Waals surface area (Å²) < 4.78 is 0. The van der Waals surface area contributed by atoms with Crippen LogP contribution in [-0.4, -0.2) is 0 Å². The molecule has 1 aromatic carbocycles. The summed E-state index contributed by atoms with van der Waals surface area (Å²) in [4.78, 5) is 0. The van der Waals surface area contributed by atoms with Crippen molar-refractivity contribution in [2.75, 3.05) is 0 Å². The van der Waals surface area contributed by atoms with Gasteiger partial charge in [0, 0.05) is 5.92 Å². The maximum absolute atomic E-state index is 3.36. The summed E-state index contributed by atoms with van der Waals surface area (Å²) in [5.74, 6) is 1.29. The van der Waals surface area contributed by atoms with Crippen molar-refractivity contribution < 1.29 is 0 Å². The van der Waals surface area contributed by atoms with E-state index < -0.39 is 0 Å². The monoisotopic (exact) mass is 280 g/mol. The molecule has 3 rings (SSSR count). The van der Waals surface area contributed by atoms with Gasteiger partial charge in [-0.3, -0.25) is 0 Å². The summed E-state index contributed by atoms with van der Waals surface area (Å²) in [5.41, 5.74) is 7.80. The average Bonchev–Trinajstić information content (AvgIpc) is 2.57. The number of hydrogen-bond acceptors (Lipinski definition) is 0. The van der Waals surface area contributed by atoms with Crippen LogP contribution in [0.1, 0.15) is 56.2 Å². The van der Waals surface area contributed by atoms with Gasteiger partial charge in [-0.15, -0.1) is 6.58 Å². The highest BCUT2D eigenvalue weighted by molar-refractivity contribution is 5.46. The van der Waals surface area contributed by atoms with Crippen LogP contribution in [0.3, 0.4) is 0 Å². The molecule has 0 saturated heterocycles. The minimum atomic E-state index is 0.571. The highest BCUT2D eigenvalue weighted by Gasteiger charge is 2.23. The highest BCUT2D eigenvalue weighted by Crippen LogP contribution is 2.40. The predicted molar refractivity (Wildman–Crippen MR) is 93.7 cm³/mol.